The summed E-state index contributed by atoms with van der Waals surface area (Å²) in [5.74, 6) is 0.656. The van der Waals surface area contributed by atoms with Crippen LogP contribution in [0.15, 0.2) is 0 Å². The van der Waals surface area contributed by atoms with Crippen LogP contribution in [0.3, 0.4) is 0 Å². The lowest BCUT2D eigenvalue weighted by molar-refractivity contribution is 0.0694. The van der Waals surface area contributed by atoms with E-state index in [4.69, 9.17) is 5.73 Å². The Morgan fingerprint density at radius 2 is 1.90 bits per heavy atom. The van der Waals surface area contributed by atoms with Crippen molar-refractivity contribution in [2.45, 2.75) is 64.0 Å². The summed E-state index contributed by atoms with van der Waals surface area (Å²) in [6.07, 6.45) is 6.56. The van der Waals surface area contributed by atoms with Gasteiger partial charge in [-0.15, -0.1) is 0 Å². The van der Waals surface area contributed by atoms with Gasteiger partial charge in [0.2, 0.25) is 0 Å². The Balaban J connectivity index is 2.14. The number of hydrogen-bond acceptors (Lipinski definition) is 4. The molecule has 0 radical (unpaired) electrons. The molecule has 20 heavy (non-hydrogen) atoms. The van der Waals surface area contributed by atoms with Gasteiger partial charge in [0.1, 0.15) is 0 Å². The Morgan fingerprint density at radius 3 is 2.45 bits per heavy atom. The van der Waals surface area contributed by atoms with Crippen molar-refractivity contribution in [3.8, 4) is 0 Å². The highest BCUT2D eigenvalue weighted by Crippen LogP contribution is 2.41. The lowest BCUT2D eigenvalue weighted by atomic mass is 9.82. The van der Waals surface area contributed by atoms with E-state index < -0.39 is 9.84 Å². The first-order valence-electron chi connectivity index (χ1n) is 7.83. The highest BCUT2D eigenvalue weighted by Gasteiger charge is 2.43. The first kappa shape index (κ1) is 16.2. The lowest BCUT2D eigenvalue weighted by Gasteiger charge is -2.44. The zero-order valence-electron chi connectivity index (χ0n) is 13.2. The molecule has 1 heterocycles. The van der Waals surface area contributed by atoms with Gasteiger partial charge in [-0.2, -0.15) is 0 Å². The van der Waals surface area contributed by atoms with Crippen LogP contribution in [-0.2, 0) is 9.84 Å². The van der Waals surface area contributed by atoms with Crippen molar-refractivity contribution in [1.29, 1.82) is 0 Å². The SMILES string of the molecule is CN(C1CCS(=O)(=O)C1)C1(CN)CCCC(C)(C)CC1. The van der Waals surface area contributed by atoms with Crippen LogP contribution in [0.4, 0.5) is 0 Å². The van der Waals surface area contributed by atoms with Crippen molar-refractivity contribution in [1.82, 2.24) is 4.90 Å². The van der Waals surface area contributed by atoms with Gasteiger partial charge in [-0.1, -0.05) is 20.3 Å². The molecule has 0 aromatic heterocycles. The average Bonchev–Trinajstić information content (AvgIpc) is 2.64. The summed E-state index contributed by atoms with van der Waals surface area (Å²) in [6.45, 7) is 5.30. The summed E-state index contributed by atoms with van der Waals surface area (Å²) >= 11 is 0. The van der Waals surface area contributed by atoms with Gasteiger partial charge >= 0.3 is 0 Å². The largest absolute Gasteiger partial charge is 0.329 e. The summed E-state index contributed by atoms with van der Waals surface area (Å²) in [4.78, 5) is 2.32. The molecule has 5 heteroatoms. The van der Waals surface area contributed by atoms with E-state index in [0.29, 0.717) is 23.5 Å². The van der Waals surface area contributed by atoms with E-state index in [1.165, 1.54) is 19.3 Å². The molecule has 2 fully saturated rings. The van der Waals surface area contributed by atoms with E-state index in [0.717, 1.165) is 19.3 Å². The second-order valence-electron chi connectivity index (χ2n) is 7.61. The highest BCUT2D eigenvalue weighted by atomic mass is 32.2. The standard InChI is InChI=1S/C15H30N2O2S/c1-14(2)6-4-7-15(12-16,9-8-14)17(3)13-5-10-20(18,19)11-13/h13H,4-12,16H2,1-3H3. The molecular formula is C15H30N2O2S. The maximum Gasteiger partial charge on any atom is 0.151 e. The molecule has 0 bridgehead atoms. The number of nitrogens with zero attached hydrogens (tertiary/aromatic N) is 1. The van der Waals surface area contributed by atoms with Crippen molar-refractivity contribution in [2.24, 2.45) is 11.1 Å². The van der Waals surface area contributed by atoms with E-state index in [-0.39, 0.29) is 11.6 Å². The van der Waals surface area contributed by atoms with Crippen LogP contribution in [-0.4, -0.2) is 50.0 Å². The molecule has 0 aromatic carbocycles. The predicted molar refractivity (Wildman–Crippen MR) is 83.5 cm³/mol. The topological polar surface area (TPSA) is 63.4 Å². The highest BCUT2D eigenvalue weighted by molar-refractivity contribution is 7.91. The Labute approximate surface area is 124 Å². The second-order valence-corrected chi connectivity index (χ2v) is 9.84. The lowest BCUT2D eigenvalue weighted by Crippen LogP contribution is -2.56. The van der Waals surface area contributed by atoms with Gasteiger partial charge in [0.15, 0.2) is 9.84 Å². The fourth-order valence-electron chi connectivity index (χ4n) is 3.89. The molecular weight excluding hydrogens is 272 g/mol. The monoisotopic (exact) mass is 302 g/mol. The first-order valence-corrected chi connectivity index (χ1v) is 9.65. The molecule has 4 nitrogen and oxygen atoms in total. The predicted octanol–water partition coefficient (Wildman–Crippen LogP) is 1.79. The van der Waals surface area contributed by atoms with Gasteiger partial charge in [0.25, 0.3) is 0 Å². The smallest absolute Gasteiger partial charge is 0.151 e. The summed E-state index contributed by atoms with van der Waals surface area (Å²) in [5.41, 5.74) is 6.53. The number of hydrogen-bond donors (Lipinski definition) is 1. The third-order valence-electron chi connectivity index (χ3n) is 5.65. The fraction of sp³-hybridized carbons (Fsp3) is 1.00. The van der Waals surface area contributed by atoms with Gasteiger partial charge < -0.3 is 5.73 Å². The van der Waals surface area contributed by atoms with Crippen LogP contribution >= 0.6 is 0 Å². The minimum absolute atomic E-state index is 0.00169. The number of rotatable bonds is 3. The quantitative estimate of drug-likeness (QED) is 0.807. The Bertz CT molecular complexity index is 447. The molecule has 2 unspecified atom stereocenters. The molecule has 2 rings (SSSR count). The van der Waals surface area contributed by atoms with Crippen molar-refractivity contribution in [2.75, 3.05) is 25.1 Å². The van der Waals surface area contributed by atoms with E-state index in [1.807, 2.05) is 0 Å². The zero-order chi connectivity index (χ0) is 15.0. The molecule has 0 amide bonds. The Kier molecular flexibility index (Phi) is 4.53. The summed E-state index contributed by atoms with van der Waals surface area (Å²) in [6, 6.07) is 0.157. The van der Waals surface area contributed by atoms with E-state index in [2.05, 4.69) is 25.8 Å². The van der Waals surface area contributed by atoms with Gasteiger partial charge in [-0.05, 0) is 44.6 Å². The molecule has 0 aromatic rings. The zero-order valence-corrected chi connectivity index (χ0v) is 14.0. The second kappa shape index (κ2) is 5.58. The molecule has 1 saturated carbocycles. The van der Waals surface area contributed by atoms with E-state index >= 15 is 0 Å². The molecule has 2 N–H and O–H groups in total. The van der Waals surface area contributed by atoms with Crippen molar-refractivity contribution in [3.05, 3.63) is 0 Å². The third-order valence-corrected chi connectivity index (χ3v) is 7.40. The van der Waals surface area contributed by atoms with E-state index in [1.54, 1.807) is 0 Å². The van der Waals surface area contributed by atoms with Gasteiger partial charge in [0, 0.05) is 18.1 Å². The van der Waals surface area contributed by atoms with Crippen molar-refractivity contribution < 1.29 is 8.42 Å². The van der Waals surface area contributed by atoms with Gasteiger partial charge in [0.05, 0.1) is 11.5 Å². The minimum Gasteiger partial charge on any atom is -0.329 e. The molecule has 2 aliphatic rings. The molecule has 0 spiro atoms. The Hall–Kier alpha value is -0.130. The molecule has 118 valence electrons. The van der Waals surface area contributed by atoms with Crippen LogP contribution in [0, 0.1) is 5.41 Å². The van der Waals surface area contributed by atoms with Gasteiger partial charge in [-0.3, -0.25) is 4.90 Å². The van der Waals surface area contributed by atoms with E-state index in [9.17, 15) is 8.42 Å². The molecule has 1 saturated heterocycles. The number of nitrogens with two attached hydrogens (primary N) is 1. The van der Waals surface area contributed by atoms with Crippen LogP contribution in [0.2, 0.25) is 0 Å². The third kappa shape index (κ3) is 3.37. The number of likely N-dealkylation sites (N-methyl/N-ethyl adjacent to an activating group) is 1. The van der Waals surface area contributed by atoms with Crippen LogP contribution < -0.4 is 5.73 Å². The summed E-state index contributed by atoms with van der Waals surface area (Å²) < 4.78 is 23.5. The van der Waals surface area contributed by atoms with Crippen LogP contribution in [0.5, 0.6) is 0 Å². The number of sulfone groups is 1. The summed E-state index contributed by atoms with van der Waals surface area (Å²) in [5, 5.41) is 0. The van der Waals surface area contributed by atoms with Crippen LogP contribution in [0.25, 0.3) is 0 Å². The Morgan fingerprint density at radius 1 is 1.20 bits per heavy atom. The minimum atomic E-state index is -2.83. The summed E-state index contributed by atoms with van der Waals surface area (Å²) in [7, 11) is -0.735. The average molecular weight is 302 g/mol. The normalized spacial score (nSPS) is 37.0. The molecule has 1 aliphatic carbocycles. The van der Waals surface area contributed by atoms with Crippen molar-refractivity contribution >= 4 is 9.84 Å². The van der Waals surface area contributed by atoms with Gasteiger partial charge in [-0.25, -0.2) is 8.42 Å². The molecule has 1 aliphatic heterocycles. The van der Waals surface area contributed by atoms with Crippen LogP contribution in [0.1, 0.15) is 52.4 Å². The molecule has 2 atom stereocenters. The maximum absolute atomic E-state index is 11.7. The fourth-order valence-corrected chi connectivity index (χ4v) is 5.66. The van der Waals surface area contributed by atoms with Crippen molar-refractivity contribution in [3.63, 3.8) is 0 Å². The maximum atomic E-state index is 11.7. The first-order chi connectivity index (χ1) is 9.20.